The van der Waals surface area contributed by atoms with Crippen molar-refractivity contribution in [3.63, 3.8) is 0 Å². The molecule has 0 spiro atoms. The molecule has 0 bridgehead atoms. The Morgan fingerprint density at radius 2 is 1.93 bits per heavy atom. The number of aliphatic hydroxyl groups excluding tert-OH is 1. The van der Waals surface area contributed by atoms with E-state index in [4.69, 9.17) is 10.8 Å². The summed E-state index contributed by atoms with van der Waals surface area (Å²) in [7, 11) is 0. The lowest BCUT2D eigenvalue weighted by molar-refractivity contribution is -0.137. The van der Waals surface area contributed by atoms with E-state index >= 15 is 0 Å². The molecule has 0 aliphatic heterocycles. The summed E-state index contributed by atoms with van der Waals surface area (Å²) >= 11 is 0. The topological polar surface area (TPSA) is 46.2 Å². The predicted molar refractivity (Wildman–Crippen MR) is 52.2 cm³/mol. The number of hydrogen-bond acceptors (Lipinski definition) is 2. The minimum Gasteiger partial charge on any atom is -0.394 e. The zero-order chi connectivity index (χ0) is 10.8. The molecule has 1 aromatic carbocycles. The first-order valence-electron chi connectivity index (χ1n) is 3.98. The van der Waals surface area contributed by atoms with Gasteiger partial charge < -0.3 is 10.8 Å². The van der Waals surface area contributed by atoms with E-state index in [0.29, 0.717) is 0 Å². The van der Waals surface area contributed by atoms with Crippen molar-refractivity contribution in [3.8, 4) is 0 Å². The van der Waals surface area contributed by atoms with E-state index in [9.17, 15) is 13.2 Å². The van der Waals surface area contributed by atoms with Gasteiger partial charge in [-0.3, -0.25) is 0 Å². The van der Waals surface area contributed by atoms with Crippen molar-refractivity contribution in [2.24, 2.45) is 5.73 Å². The summed E-state index contributed by atoms with van der Waals surface area (Å²) < 4.78 is 36.7. The van der Waals surface area contributed by atoms with Crippen molar-refractivity contribution in [1.82, 2.24) is 0 Å². The normalized spacial score (nSPS) is 13.1. The van der Waals surface area contributed by atoms with E-state index in [2.05, 4.69) is 0 Å². The Kier molecular flexibility index (Phi) is 4.77. The highest BCUT2D eigenvalue weighted by molar-refractivity contribution is 5.27. The average molecular weight is 221 g/mol. The third-order valence-electron chi connectivity index (χ3n) is 1.84. The standard InChI is InChI=1S/C9H10F3NO.CH4/c10-9(11,12)7-3-1-2-6(4-7)8(13)5-14;/h1-4,8,14H,5,13H2;1H4. The molecular weight excluding hydrogens is 207 g/mol. The van der Waals surface area contributed by atoms with Gasteiger partial charge in [-0.15, -0.1) is 0 Å². The van der Waals surface area contributed by atoms with Crippen LogP contribution in [-0.4, -0.2) is 11.7 Å². The van der Waals surface area contributed by atoms with Gasteiger partial charge >= 0.3 is 6.18 Å². The predicted octanol–water partition coefficient (Wildman–Crippen LogP) is 2.33. The Morgan fingerprint density at radius 3 is 2.40 bits per heavy atom. The number of alkyl halides is 3. The minimum atomic E-state index is -4.37. The lowest BCUT2D eigenvalue weighted by Crippen LogP contribution is -2.15. The molecule has 0 radical (unpaired) electrons. The van der Waals surface area contributed by atoms with Gasteiger partial charge in [0.05, 0.1) is 18.2 Å². The molecule has 15 heavy (non-hydrogen) atoms. The average Bonchev–Trinajstić information content (AvgIpc) is 2.15. The van der Waals surface area contributed by atoms with Crippen LogP contribution >= 0.6 is 0 Å². The highest BCUT2D eigenvalue weighted by Crippen LogP contribution is 2.30. The fourth-order valence-electron chi connectivity index (χ4n) is 1.05. The third-order valence-corrected chi connectivity index (χ3v) is 1.84. The summed E-state index contributed by atoms with van der Waals surface area (Å²) in [6, 6.07) is 3.87. The summed E-state index contributed by atoms with van der Waals surface area (Å²) in [6.07, 6.45) is -4.37. The number of rotatable bonds is 2. The van der Waals surface area contributed by atoms with Crippen LogP contribution in [0.5, 0.6) is 0 Å². The van der Waals surface area contributed by atoms with Gasteiger partial charge in [0.1, 0.15) is 0 Å². The molecule has 5 heteroatoms. The first kappa shape index (κ1) is 13.9. The van der Waals surface area contributed by atoms with Gasteiger partial charge in [0.15, 0.2) is 0 Å². The molecule has 1 unspecified atom stereocenters. The van der Waals surface area contributed by atoms with Gasteiger partial charge in [-0.05, 0) is 17.7 Å². The lowest BCUT2D eigenvalue weighted by atomic mass is 10.1. The van der Waals surface area contributed by atoms with Crippen LogP contribution in [0.3, 0.4) is 0 Å². The Morgan fingerprint density at radius 1 is 1.33 bits per heavy atom. The van der Waals surface area contributed by atoms with Crippen LogP contribution in [0, 0.1) is 0 Å². The van der Waals surface area contributed by atoms with Crippen LogP contribution < -0.4 is 5.73 Å². The fraction of sp³-hybridized carbons (Fsp3) is 0.400. The number of aliphatic hydroxyl groups is 1. The van der Waals surface area contributed by atoms with Gasteiger partial charge in [0.25, 0.3) is 0 Å². The molecule has 2 nitrogen and oxygen atoms in total. The molecule has 1 atom stereocenters. The van der Waals surface area contributed by atoms with Crippen molar-refractivity contribution in [2.45, 2.75) is 19.6 Å². The molecular formula is C10H14F3NO. The van der Waals surface area contributed by atoms with Gasteiger partial charge in [-0.2, -0.15) is 13.2 Å². The van der Waals surface area contributed by atoms with Crippen molar-refractivity contribution in [2.75, 3.05) is 6.61 Å². The second-order valence-electron chi connectivity index (χ2n) is 2.91. The molecule has 1 rings (SSSR count). The summed E-state index contributed by atoms with van der Waals surface area (Å²) in [5, 5.41) is 8.68. The van der Waals surface area contributed by atoms with Gasteiger partial charge in [-0.1, -0.05) is 19.6 Å². The first-order chi connectivity index (χ1) is 6.45. The zero-order valence-corrected chi connectivity index (χ0v) is 7.25. The molecule has 3 N–H and O–H groups in total. The van der Waals surface area contributed by atoms with E-state index in [-0.39, 0.29) is 19.6 Å². The summed E-state index contributed by atoms with van der Waals surface area (Å²) in [5.74, 6) is 0. The molecule has 0 aliphatic rings. The van der Waals surface area contributed by atoms with Crippen LogP contribution in [0.25, 0.3) is 0 Å². The molecule has 0 aliphatic carbocycles. The molecule has 0 saturated heterocycles. The Bertz CT molecular complexity index is 312. The second-order valence-corrected chi connectivity index (χ2v) is 2.91. The van der Waals surface area contributed by atoms with Crippen LogP contribution in [0.2, 0.25) is 0 Å². The monoisotopic (exact) mass is 221 g/mol. The lowest BCUT2D eigenvalue weighted by Gasteiger charge is -2.11. The highest BCUT2D eigenvalue weighted by atomic mass is 19.4. The molecule has 0 heterocycles. The van der Waals surface area contributed by atoms with E-state index in [0.717, 1.165) is 12.1 Å². The molecule has 0 amide bonds. The Hall–Kier alpha value is -1.07. The van der Waals surface area contributed by atoms with Crippen LogP contribution in [0.15, 0.2) is 24.3 Å². The van der Waals surface area contributed by atoms with Gasteiger partial charge in [0.2, 0.25) is 0 Å². The molecule has 0 aromatic heterocycles. The number of hydrogen-bond donors (Lipinski definition) is 2. The molecule has 0 fully saturated rings. The molecule has 0 saturated carbocycles. The first-order valence-corrected chi connectivity index (χ1v) is 3.98. The van der Waals surface area contributed by atoms with E-state index < -0.39 is 17.8 Å². The summed E-state index contributed by atoms with van der Waals surface area (Å²) in [5.41, 5.74) is 4.92. The summed E-state index contributed by atoms with van der Waals surface area (Å²) in [6.45, 7) is -0.374. The third kappa shape index (κ3) is 3.53. The van der Waals surface area contributed by atoms with Crippen LogP contribution in [-0.2, 0) is 6.18 Å². The van der Waals surface area contributed by atoms with Crippen molar-refractivity contribution >= 4 is 0 Å². The van der Waals surface area contributed by atoms with Crippen LogP contribution in [0.1, 0.15) is 24.6 Å². The Labute approximate surface area is 86.5 Å². The number of nitrogens with two attached hydrogens (primary N) is 1. The molecule has 86 valence electrons. The smallest absolute Gasteiger partial charge is 0.394 e. The second kappa shape index (κ2) is 5.14. The minimum absolute atomic E-state index is 0. The SMILES string of the molecule is C.NC(CO)c1cccc(C(F)(F)F)c1. The number of benzene rings is 1. The van der Waals surface area contributed by atoms with Gasteiger partial charge in [-0.25, -0.2) is 0 Å². The van der Waals surface area contributed by atoms with Gasteiger partial charge in [0, 0.05) is 0 Å². The maximum atomic E-state index is 12.2. The van der Waals surface area contributed by atoms with Crippen molar-refractivity contribution in [3.05, 3.63) is 35.4 Å². The highest BCUT2D eigenvalue weighted by Gasteiger charge is 2.30. The largest absolute Gasteiger partial charge is 0.416 e. The quantitative estimate of drug-likeness (QED) is 0.805. The zero-order valence-electron chi connectivity index (χ0n) is 7.25. The Balaban J connectivity index is 0.00000196. The van der Waals surface area contributed by atoms with E-state index in [1.807, 2.05) is 0 Å². The van der Waals surface area contributed by atoms with Crippen molar-refractivity contribution < 1.29 is 18.3 Å². The molecule has 1 aromatic rings. The number of halogens is 3. The van der Waals surface area contributed by atoms with E-state index in [1.54, 1.807) is 0 Å². The van der Waals surface area contributed by atoms with Crippen molar-refractivity contribution in [1.29, 1.82) is 0 Å². The fourth-order valence-corrected chi connectivity index (χ4v) is 1.05. The van der Waals surface area contributed by atoms with Crippen LogP contribution in [0.4, 0.5) is 13.2 Å². The maximum absolute atomic E-state index is 12.2. The summed E-state index contributed by atoms with van der Waals surface area (Å²) in [4.78, 5) is 0. The van der Waals surface area contributed by atoms with E-state index in [1.165, 1.54) is 12.1 Å². The maximum Gasteiger partial charge on any atom is 0.416 e.